The van der Waals surface area contributed by atoms with Crippen LogP contribution >= 0.6 is 23.9 Å². The number of aromatic nitrogens is 4. The Labute approximate surface area is 173 Å². The third-order valence-corrected chi connectivity index (χ3v) is 4.72. The maximum Gasteiger partial charge on any atom is 0.705 e. The van der Waals surface area contributed by atoms with Gasteiger partial charge in [0.25, 0.3) is 0 Å². The Morgan fingerprint density at radius 3 is 2.06 bits per heavy atom. The molecule has 0 amide bonds. The van der Waals surface area contributed by atoms with Gasteiger partial charge in [0, 0.05) is 4.57 Å². The highest BCUT2D eigenvalue weighted by molar-refractivity contribution is 7.54. The highest BCUT2D eigenvalue weighted by Crippen LogP contribution is 2.45. The van der Waals surface area contributed by atoms with E-state index < -0.39 is 48.4 Å². The van der Waals surface area contributed by atoms with Crippen molar-refractivity contribution in [2.75, 3.05) is 5.73 Å². The molecule has 1 unspecified atom stereocenters. The number of aliphatic hydroxyl groups is 2. The molecule has 18 nitrogen and oxygen atoms in total. The van der Waals surface area contributed by atoms with E-state index in [-0.39, 0.29) is 5.82 Å². The number of imidazole rings is 1. The van der Waals surface area contributed by atoms with Crippen LogP contribution in [0.4, 0.5) is 5.82 Å². The number of ether oxygens (including phenoxy) is 1. The topological polar surface area (TPSA) is 301 Å². The van der Waals surface area contributed by atoms with Gasteiger partial charge in [0.2, 0.25) is 0 Å². The van der Waals surface area contributed by atoms with Crippen LogP contribution in [0.1, 0.15) is 13.2 Å². The first-order chi connectivity index (χ1) is 14.0. The second-order valence-corrected chi connectivity index (χ2v) is 8.76. The van der Waals surface area contributed by atoms with Gasteiger partial charge in [-0.1, -0.05) is 0 Å². The summed E-state index contributed by atoms with van der Waals surface area (Å²) < 4.78 is 38.1. The predicted molar refractivity (Wildman–Crippen MR) is 98.6 cm³/mol. The number of rotatable bonds is 3. The number of fused-ring (bicyclic) bond motifs is 1. The van der Waals surface area contributed by atoms with Crippen molar-refractivity contribution in [3.8, 4) is 0 Å². The lowest BCUT2D eigenvalue weighted by Gasteiger charge is -2.16. The summed E-state index contributed by atoms with van der Waals surface area (Å²) in [6.07, 6.45) is -0.373. The number of hydrogen-bond acceptors (Lipinski definition) is 11. The van der Waals surface area contributed by atoms with Crippen LogP contribution in [0.5, 0.6) is 0 Å². The number of nitrogens with zero attached hydrogens (tertiary/aromatic N) is 4. The molecule has 0 spiro atoms. The summed E-state index contributed by atoms with van der Waals surface area (Å²) in [5.74, 6) is 0.264. The molecule has 2 aromatic rings. The van der Waals surface area contributed by atoms with Gasteiger partial charge in [0.15, 0.2) is 17.7 Å². The first-order valence-electron chi connectivity index (χ1n) is 7.65. The molecule has 0 radical (unpaired) electrons. The molecule has 176 valence electrons. The average molecular weight is 510 g/mol. The lowest BCUT2D eigenvalue weighted by atomic mass is 10.1. The molecular weight excluding hydrogens is 491 g/mol. The minimum absolute atomic E-state index is 0.264. The minimum atomic E-state index is -4.76. The molecule has 0 aliphatic carbocycles. The number of aliphatic hydroxyl groups excluding tert-OH is 2. The highest BCUT2D eigenvalue weighted by Gasteiger charge is 2.42. The molecule has 10 N–H and O–H groups in total. The summed E-state index contributed by atoms with van der Waals surface area (Å²) in [7, 11) is -12.6. The van der Waals surface area contributed by atoms with Crippen molar-refractivity contribution >= 4 is 40.9 Å². The minimum Gasteiger partial charge on any atom is -0.388 e. The molecule has 31 heavy (non-hydrogen) atoms. The van der Waals surface area contributed by atoms with Crippen LogP contribution in [0.2, 0.25) is 0 Å². The van der Waals surface area contributed by atoms with Crippen molar-refractivity contribution in [3.63, 3.8) is 0 Å². The normalized spacial score (nSPS) is 24.1. The van der Waals surface area contributed by atoms with E-state index in [1.54, 1.807) is 11.5 Å². The number of nitrogen functional groups attached to an aromatic ring is 1. The van der Waals surface area contributed by atoms with Crippen molar-refractivity contribution < 1.29 is 62.3 Å². The number of phosphoric acid groups is 2. The molecule has 3 rings (SSSR count). The summed E-state index contributed by atoms with van der Waals surface area (Å²) in [4.78, 5) is 56.7. The summed E-state index contributed by atoms with van der Waals surface area (Å²) >= 11 is 0. The third-order valence-electron chi connectivity index (χ3n) is 3.31. The van der Waals surface area contributed by atoms with Crippen molar-refractivity contribution in [2.24, 2.45) is 0 Å². The molecule has 0 bridgehead atoms. The Balaban J connectivity index is 0.000000309. The van der Waals surface area contributed by atoms with E-state index in [2.05, 4.69) is 19.3 Å². The molecular formula is C10H19N5O13P3+. The van der Waals surface area contributed by atoms with Crippen molar-refractivity contribution in [3.05, 3.63) is 12.7 Å². The fourth-order valence-corrected chi connectivity index (χ4v) is 2.93. The van der Waals surface area contributed by atoms with Crippen molar-refractivity contribution in [1.29, 1.82) is 0 Å². The van der Waals surface area contributed by atoms with Crippen molar-refractivity contribution in [1.82, 2.24) is 19.5 Å². The number of nitrogens with two attached hydrogens (primary N) is 1. The summed E-state index contributed by atoms with van der Waals surface area (Å²) in [6, 6.07) is 0. The molecule has 2 aromatic heterocycles. The zero-order chi connectivity index (χ0) is 24.1. The van der Waals surface area contributed by atoms with E-state index in [0.29, 0.717) is 11.2 Å². The Kier molecular flexibility index (Phi) is 9.68. The van der Waals surface area contributed by atoms with Crippen LogP contribution in [0, 0.1) is 0 Å². The van der Waals surface area contributed by atoms with E-state index in [1.807, 2.05) is 0 Å². The molecule has 1 aliphatic rings. The lowest BCUT2D eigenvalue weighted by molar-refractivity contribution is -0.0299. The maximum absolute atomic E-state index is 9.93. The van der Waals surface area contributed by atoms with Gasteiger partial charge in [-0.2, -0.15) is 0 Å². The lowest BCUT2D eigenvalue weighted by Crippen LogP contribution is -2.30. The Morgan fingerprint density at radius 1 is 1.13 bits per heavy atom. The smallest absolute Gasteiger partial charge is 0.388 e. The van der Waals surface area contributed by atoms with Crippen LogP contribution in [0.25, 0.3) is 11.2 Å². The van der Waals surface area contributed by atoms with Gasteiger partial charge in [0.05, 0.1) is 12.4 Å². The van der Waals surface area contributed by atoms with Gasteiger partial charge >= 0.3 is 23.9 Å². The molecule has 0 aromatic carbocycles. The second-order valence-electron chi connectivity index (χ2n) is 5.62. The molecule has 3 heterocycles. The zero-order valence-electron chi connectivity index (χ0n) is 15.3. The first-order valence-corrected chi connectivity index (χ1v) is 11.9. The van der Waals surface area contributed by atoms with Gasteiger partial charge in [-0.3, -0.25) is 4.57 Å². The standard InChI is InChI=1S/C10H13N5O3.H2O6P2.H3O4P/c1-4-6(16)7(17)10(18-4)15-3-14-5-8(11)12-2-13-9(5)15;1-7(2)6-8(3,4)5;1-5(2,3)4/h2-4,6-7,10,16-17H,1H3,(H2,11,12,13);(H2-,1,2,3,4,5);(H3,1,2,3,4)/p+1/t4-,6+,7-,10-;;/m1../s1. The Hall–Kier alpha value is -1.49. The molecule has 0 saturated carbocycles. The fraction of sp³-hybridized carbons (Fsp3) is 0.500. The van der Waals surface area contributed by atoms with E-state index in [0.717, 1.165) is 0 Å². The van der Waals surface area contributed by atoms with Crippen molar-refractivity contribution in [2.45, 2.75) is 31.5 Å². The van der Waals surface area contributed by atoms with Gasteiger partial charge in [-0.25, -0.2) is 24.1 Å². The van der Waals surface area contributed by atoms with Crippen LogP contribution < -0.4 is 5.73 Å². The first kappa shape index (κ1) is 27.5. The van der Waals surface area contributed by atoms with E-state index >= 15 is 0 Å². The summed E-state index contributed by atoms with van der Waals surface area (Å²) in [5, 5.41) is 19.6. The SMILES string of the molecule is C[C@H]1O[C@@H](n2cnc3c(N)ncnc32)[C@H](O)[C@H]1O.O=P(O)(O)O.O=[P+](O)OP(=O)(O)O. The molecule has 1 saturated heterocycles. The number of anilines is 1. The predicted octanol–water partition coefficient (Wildman–Crippen LogP) is -2.14. The summed E-state index contributed by atoms with van der Waals surface area (Å²) in [6.45, 7) is 1.69. The van der Waals surface area contributed by atoms with Gasteiger partial charge in [-0.05, 0) is 11.2 Å². The van der Waals surface area contributed by atoms with Gasteiger partial charge < -0.3 is 45.2 Å². The summed E-state index contributed by atoms with van der Waals surface area (Å²) in [5.41, 5.74) is 6.59. The van der Waals surface area contributed by atoms with E-state index in [4.69, 9.17) is 44.4 Å². The second kappa shape index (κ2) is 10.9. The van der Waals surface area contributed by atoms with Gasteiger partial charge in [0.1, 0.15) is 24.1 Å². The van der Waals surface area contributed by atoms with E-state index in [9.17, 15) is 19.3 Å². The van der Waals surface area contributed by atoms with Crippen LogP contribution in [0.3, 0.4) is 0 Å². The Bertz CT molecular complexity index is 983. The fourth-order valence-electron chi connectivity index (χ4n) is 2.20. The van der Waals surface area contributed by atoms with Crippen LogP contribution in [-0.2, 0) is 22.7 Å². The quantitative estimate of drug-likeness (QED) is 0.199. The van der Waals surface area contributed by atoms with Crippen LogP contribution in [0.15, 0.2) is 12.7 Å². The van der Waals surface area contributed by atoms with Gasteiger partial charge in [-0.15, -0.1) is 4.89 Å². The van der Waals surface area contributed by atoms with E-state index in [1.165, 1.54) is 12.7 Å². The third kappa shape index (κ3) is 9.26. The Morgan fingerprint density at radius 2 is 1.68 bits per heavy atom. The molecule has 21 heteroatoms. The van der Waals surface area contributed by atoms with Crippen LogP contribution in [-0.4, -0.2) is 77.4 Å². The molecule has 5 atom stereocenters. The molecule has 1 aliphatic heterocycles. The largest absolute Gasteiger partial charge is 0.705 e. The number of hydrogen-bond donors (Lipinski definition) is 9. The molecule has 1 fully saturated rings. The average Bonchev–Trinajstić information content (AvgIpc) is 3.09. The monoisotopic (exact) mass is 510 g/mol. The highest BCUT2D eigenvalue weighted by atomic mass is 31.2. The maximum atomic E-state index is 9.93. The zero-order valence-corrected chi connectivity index (χ0v) is 18.0.